The highest BCUT2D eigenvalue weighted by molar-refractivity contribution is 5.67. The summed E-state index contributed by atoms with van der Waals surface area (Å²) >= 11 is 0. The number of rotatable bonds is 3. The molecule has 0 N–H and O–H groups in total. The van der Waals surface area contributed by atoms with E-state index in [2.05, 4.69) is 0 Å². The van der Waals surface area contributed by atoms with Crippen LogP contribution in [0, 0.1) is 0 Å². The van der Waals surface area contributed by atoms with Gasteiger partial charge in [0.1, 0.15) is 11.2 Å². The average Bonchev–Trinajstić information content (AvgIpc) is 2.07. The first-order chi connectivity index (χ1) is 7.09. The van der Waals surface area contributed by atoms with E-state index in [0.29, 0.717) is 0 Å². The first-order valence-electron chi connectivity index (χ1n) is 4.97. The Labute approximate surface area is 95.9 Å². The summed E-state index contributed by atoms with van der Waals surface area (Å²) in [5.41, 5.74) is -1.20. The molecule has 0 unspecified atom stereocenters. The third-order valence-corrected chi connectivity index (χ3v) is 1.21. The van der Waals surface area contributed by atoms with Crippen LogP contribution in [0.5, 0.6) is 0 Å². The van der Waals surface area contributed by atoms with Crippen molar-refractivity contribution in [3.63, 3.8) is 0 Å². The zero-order valence-corrected chi connectivity index (χ0v) is 10.6. The van der Waals surface area contributed by atoms with E-state index in [9.17, 15) is 9.59 Å². The molecule has 0 heterocycles. The van der Waals surface area contributed by atoms with E-state index in [1.807, 2.05) is 0 Å². The SMILES string of the molecule is CC(C)(C)OC(=C=O)C(=C=O)OC(C)(C)C. The summed E-state index contributed by atoms with van der Waals surface area (Å²) in [4.78, 5) is 21.4. The second-order valence-electron chi connectivity index (χ2n) is 5.29. The van der Waals surface area contributed by atoms with Crippen LogP contribution < -0.4 is 0 Å². The van der Waals surface area contributed by atoms with E-state index in [-0.39, 0.29) is 11.5 Å². The second-order valence-corrected chi connectivity index (χ2v) is 5.29. The van der Waals surface area contributed by atoms with Crippen molar-refractivity contribution in [1.29, 1.82) is 0 Å². The molecule has 0 aliphatic carbocycles. The Morgan fingerprint density at radius 2 is 1.00 bits per heavy atom. The van der Waals surface area contributed by atoms with Gasteiger partial charge in [-0.25, -0.2) is 9.59 Å². The monoisotopic (exact) mass is 226 g/mol. The van der Waals surface area contributed by atoms with Gasteiger partial charge in [-0.05, 0) is 41.5 Å². The summed E-state index contributed by atoms with van der Waals surface area (Å²) in [7, 11) is 0. The Balaban J connectivity index is 4.98. The molecule has 0 spiro atoms. The van der Waals surface area contributed by atoms with Crippen LogP contribution in [-0.2, 0) is 19.1 Å². The predicted octanol–water partition coefficient (Wildman–Crippen LogP) is 2.05. The minimum Gasteiger partial charge on any atom is -0.474 e. The molecule has 0 aromatic carbocycles. The first kappa shape index (κ1) is 14.5. The minimum atomic E-state index is -0.601. The van der Waals surface area contributed by atoms with Crippen molar-refractivity contribution < 1.29 is 19.1 Å². The summed E-state index contributed by atoms with van der Waals surface area (Å²) < 4.78 is 10.5. The molecule has 0 saturated carbocycles. The summed E-state index contributed by atoms with van der Waals surface area (Å²) in [5, 5.41) is 0. The van der Waals surface area contributed by atoms with Crippen LogP contribution in [0.4, 0.5) is 0 Å². The van der Waals surface area contributed by atoms with Gasteiger partial charge in [-0.1, -0.05) is 0 Å². The molecule has 0 atom stereocenters. The van der Waals surface area contributed by atoms with Gasteiger partial charge in [0.2, 0.25) is 0 Å². The van der Waals surface area contributed by atoms with Crippen LogP contribution in [0.25, 0.3) is 0 Å². The van der Waals surface area contributed by atoms with Gasteiger partial charge >= 0.3 is 0 Å². The van der Waals surface area contributed by atoms with Crippen molar-refractivity contribution in [2.75, 3.05) is 0 Å². The fourth-order valence-electron chi connectivity index (χ4n) is 0.839. The van der Waals surface area contributed by atoms with Gasteiger partial charge in [-0.2, -0.15) is 0 Å². The van der Waals surface area contributed by atoms with E-state index in [1.54, 1.807) is 53.4 Å². The zero-order valence-electron chi connectivity index (χ0n) is 10.6. The molecule has 0 aliphatic rings. The lowest BCUT2D eigenvalue weighted by atomic mass is 10.2. The van der Waals surface area contributed by atoms with Crippen LogP contribution in [-0.4, -0.2) is 23.1 Å². The molecule has 0 radical (unpaired) electrons. The van der Waals surface area contributed by atoms with E-state index in [1.165, 1.54) is 0 Å². The number of hydrogen-bond donors (Lipinski definition) is 0. The molecule has 0 fully saturated rings. The van der Waals surface area contributed by atoms with Crippen molar-refractivity contribution in [2.45, 2.75) is 52.7 Å². The molecule has 0 aromatic rings. The Kier molecular flexibility index (Phi) is 4.55. The maximum atomic E-state index is 10.7. The fourth-order valence-corrected chi connectivity index (χ4v) is 0.839. The van der Waals surface area contributed by atoms with Gasteiger partial charge in [-0.3, -0.25) is 0 Å². The van der Waals surface area contributed by atoms with Gasteiger partial charge in [0.15, 0.2) is 11.9 Å². The Morgan fingerprint density at radius 1 is 0.750 bits per heavy atom. The molecule has 90 valence electrons. The Morgan fingerprint density at radius 3 is 1.12 bits per heavy atom. The van der Waals surface area contributed by atoms with Crippen molar-refractivity contribution in [1.82, 2.24) is 0 Å². The van der Waals surface area contributed by atoms with Crippen molar-refractivity contribution in [3.05, 3.63) is 11.5 Å². The number of carbonyl (C=O) groups excluding carboxylic acids is 2. The molecule has 4 heteroatoms. The van der Waals surface area contributed by atoms with E-state index in [4.69, 9.17) is 9.47 Å². The molecule has 0 rings (SSSR count). The van der Waals surface area contributed by atoms with Crippen molar-refractivity contribution in [2.24, 2.45) is 0 Å². The van der Waals surface area contributed by atoms with Gasteiger partial charge in [-0.15, -0.1) is 0 Å². The fraction of sp³-hybridized carbons (Fsp3) is 0.667. The van der Waals surface area contributed by atoms with E-state index in [0.717, 1.165) is 0 Å². The van der Waals surface area contributed by atoms with Gasteiger partial charge in [0, 0.05) is 0 Å². The third-order valence-electron chi connectivity index (χ3n) is 1.21. The average molecular weight is 226 g/mol. The Bertz CT molecular complexity index is 306. The quantitative estimate of drug-likeness (QED) is 0.420. The molecule has 4 nitrogen and oxygen atoms in total. The van der Waals surface area contributed by atoms with Crippen molar-refractivity contribution >= 4 is 11.9 Å². The smallest absolute Gasteiger partial charge is 0.259 e. The highest BCUT2D eigenvalue weighted by Gasteiger charge is 2.23. The minimum absolute atomic E-state index is 0.252. The lowest BCUT2D eigenvalue weighted by Crippen LogP contribution is -2.24. The van der Waals surface area contributed by atoms with Gasteiger partial charge in [0.05, 0.1) is 0 Å². The Hall–Kier alpha value is -1.50. The topological polar surface area (TPSA) is 52.6 Å². The highest BCUT2D eigenvalue weighted by atomic mass is 16.6. The predicted molar refractivity (Wildman–Crippen MR) is 60.1 cm³/mol. The van der Waals surface area contributed by atoms with Crippen LogP contribution in [0.1, 0.15) is 41.5 Å². The number of ether oxygens (including phenoxy) is 2. The highest BCUT2D eigenvalue weighted by Crippen LogP contribution is 2.21. The molecule has 16 heavy (non-hydrogen) atoms. The third kappa shape index (κ3) is 6.07. The zero-order chi connectivity index (χ0) is 13.0. The maximum absolute atomic E-state index is 10.7. The standard InChI is InChI=1S/C12H18O4/c1-11(2,3)15-9(7-13)10(8-14)16-12(4,5)6/h1-6H3. The summed E-state index contributed by atoms with van der Waals surface area (Å²) in [5.74, 6) is 2.60. The largest absolute Gasteiger partial charge is 0.474 e. The van der Waals surface area contributed by atoms with Crippen molar-refractivity contribution in [3.8, 4) is 0 Å². The number of hydrogen-bond acceptors (Lipinski definition) is 4. The summed E-state index contributed by atoms with van der Waals surface area (Å²) in [6, 6.07) is 0. The van der Waals surface area contributed by atoms with Crippen LogP contribution in [0.3, 0.4) is 0 Å². The van der Waals surface area contributed by atoms with E-state index < -0.39 is 11.2 Å². The summed E-state index contributed by atoms with van der Waals surface area (Å²) in [6.07, 6.45) is 0. The summed E-state index contributed by atoms with van der Waals surface area (Å²) in [6.45, 7) is 10.5. The maximum Gasteiger partial charge on any atom is 0.259 e. The molecule has 0 amide bonds. The molecule has 0 aliphatic heterocycles. The van der Waals surface area contributed by atoms with Crippen LogP contribution >= 0.6 is 0 Å². The first-order valence-corrected chi connectivity index (χ1v) is 4.97. The molecule has 0 aromatic heterocycles. The van der Waals surface area contributed by atoms with Crippen LogP contribution in [0.15, 0.2) is 11.5 Å². The van der Waals surface area contributed by atoms with Crippen LogP contribution in [0.2, 0.25) is 0 Å². The molecular weight excluding hydrogens is 208 g/mol. The van der Waals surface area contributed by atoms with Gasteiger partial charge in [0.25, 0.3) is 11.5 Å². The lowest BCUT2D eigenvalue weighted by Gasteiger charge is -2.25. The lowest BCUT2D eigenvalue weighted by molar-refractivity contribution is 0.00918. The molecular formula is C12H18O4. The normalized spacial score (nSPS) is 11.1. The molecule has 0 bridgehead atoms. The van der Waals surface area contributed by atoms with Gasteiger partial charge < -0.3 is 9.47 Å². The van der Waals surface area contributed by atoms with E-state index >= 15 is 0 Å². The second kappa shape index (κ2) is 5.02. The molecule has 0 saturated heterocycles.